The maximum atomic E-state index is 10.0. The van der Waals surface area contributed by atoms with Gasteiger partial charge in [-0.2, -0.15) is 0 Å². The van der Waals surface area contributed by atoms with Crippen LogP contribution in [0.4, 0.5) is 0 Å². The molecule has 0 amide bonds. The van der Waals surface area contributed by atoms with Crippen molar-refractivity contribution in [3.8, 4) is 0 Å². The highest BCUT2D eigenvalue weighted by molar-refractivity contribution is 5.27. The van der Waals surface area contributed by atoms with Gasteiger partial charge in [0.05, 0.1) is 18.9 Å². The number of hydrogen-bond acceptors (Lipinski definition) is 3. The van der Waals surface area contributed by atoms with E-state index in [1.165, 1.54) is 0 Å². The molecular formula is C14H17NO2. The zero-order valence-electron chi connectivity index (χ0n) is 9.89. The van der Waals surface area contributed by atoms with Crippen molar-refractivity contribution >= 4 is 0 Å². The molecule has 1 aromatic carbocycles. The third kappa shape index (κ3) is 3.19. The van der Waals surface area contributed by atoms with Gasteiger partial charge in [-0.25, -0.2) is 0 Å². The quantitative estimate of drug-likeness (QED) is 0.830. The lowest BCUT2D eigenvalue weighted by molar-refractivity contribution is 0.172. The third-order valence-electron chi connectivity index (χ3n) is 2.76. The second kappa shape index (κ2) is 5.66. The first-order chi connectivity index (χ1) is 8.27. The summed E-state index contributed by atoms with van der Waals surface area (Å²) in [6, 6.07) is 11.6. The smallest absolute Gasteiger partial charge is 0.117 e. The number of hydrogen-bond donors (Lipinski definition) is 2. The van der Waals surface area contributed by atoms with Crippen molar-refractivity contribution in [2.75, 3.05) is 6.54 Å². The van der Waals surface area contributed by atoms with Crippen molar-refractivity contribution in [3.63, 3.8) is 0 Å². The molecule has 0 aliphatic rings. The molecule has 1 unspecified atom stereocenters. The molecule has 0 saturated carbocycles. The summed E-state index contributed by atoms with van der Waals surface area (Å²) >= 11 is 0. The first-order valence-corrected chi connectivity index (χ1v) is 5.74. The van der Waals surface area contributed by atoms with Gasteiger partial charge >= 0.3 is 0 Å². The van der Waals surface area contributed by atoms with Crippen LogP contribution in [0.2, 0.25) is 0 Å². The van der Waals surface area contributed by atoms with Gasteiger partial charge in [0.25, 0.3) is 0 Å². The largest absolute Gasteiger partial charge is 0.468 e. The number of furan rings is 1. The summed E-state index contributed by atoms with van der Waals surface area (Å²) in [5.41, 5.74) is 2.08. The lowest BCUT2D eigenvalue weighted by Gasteiger charge is -2.13. The number of aliphatic hydroxyl groups excluding tert-OH is 1. The van der Waals surface area contributed by atoms with Crippen molar-refractivity contribution in [1.29, 1.82) is 0 Å². The van der Waals surface area contributed by atoms with Crippen LogP contribution in [0, 0.1) is 6.92 Å². The van der Waals surface area contributed by atoms with Gasteiger partial charge < -0.3 is 14.8 Å². The molecule has 2 aromatic rings. The molecule has 1 heterocycles. The first kappa shape index (κ1) is 11.9. The summed E-state index contributed by atoms with van der Waals surface area (Å²) in [6.07, 6.45) is 1.17. The van der Waals surface area contributed by atoms with Crippen LogP contribution >= 0.6 is 0 Å². The average molecular weight is 231 g/mol. The summed E-state index contributed by atoms with van der Waals surface area (Å²) in [6.45, 7) is 3.16. The van der Waals surface area contributed by atoms with Gasteiger partial charge in [0.1, 0.15) is 5.76 Å². The van der Waals surface area contributed by atoms with Crippen LogP contribution in [0.15, 0.2) is 47.1 Å². The zero-order chi connectivity index (χ0) is 12.1. The Labute approximate surface area is 101 Å². The van der Waals surface area contributed by atoms with Crippen molar-refractivity contribution in [2.45, 2.75) is 19.6 Å². The second-order valence-corrected chi connectivity index (χ2v) is 4.08. The van der Waals surface area contributed by atoms with Gasteiger partial charge in [-0.05, 0) is 30.2 Å². The Morgan fingerprint density at radius 2 is 2.06 bits per heavy atom. The van der Waals surface area contributed by atoms with Crippen molar-refractivity contribution in [3.05, 3.63) is 59.5 Å². The Hall–Kier alpha value is -1.58. The molecule has 2 N–H and O–H groups in total. The fraction of sp³-hybridized carbons (Fsp3) is 0.286. The van der Waals surface area contributed by atoms with Crippen molar-refractivity contribution in [1.82, 2.24) is 5.32 Å². The third-order valence-corrected chi connectivity index (χ3v) is 2.76. The number of aryl methyl sites for hydroxylation is 1. The molecule has 0 aliphatic carbocycles. The monoisotopic (exact) mass is 231 g/mol. The van der Waals surface area contributed by atoms with E-state index in [9.17, 15) is 5.11 Å². The number of nitrogens with one attached hydrogen (secondary N) is 1. The highest BCUT2D eigenvalue weighted by Crippen LogP contribution is 2.16. The molecule has 17 heavy (non-hydrogen) atoms. The minimum Gasteiger partial charge on any atom is -0.468 e. The van der Waals surface area contributed by atoms with E-state index in [4.69, 9.17) is 4.42 Å². The van der Waals surface area contributed by atoms with E-state index in [1.54, 1.807) is 6.26 Å². The number of benzene rings is 1. The molecule has 1 atom stereocenters. The fourth-order valence-electron chi connectivity index (χ4n) is 1.82. The van der Waals surface area contributed by atoms with Crippen LogP contribution in [-0.2, 0) is 6.54 Å². The number of rotatable bonds is 5. The topological polar surface area (TPSA) is 45.4 Å². The van der Waals surface area contributed by atoms with Crippen LogP contribution in [-0.4, -0.2) is 11.7 Å². The van der Waals surface area contributed by atoms with Gasteiger partial charge in [-0.1, -0.05) is 24.3 Å². The zero-order valence-corrected chi connectivity index (χ0v) is 9.89. The Morgan fingerprint density at radius 1 is 1.24 bits per heavy atom. The van der Waals surface area contributed by atoms with Gasteiger partial charge in [-0.3, -0.25) is 0 Å². The van der Waals surface area contributed by atoms with Crippen LogP contribution < -0.4 is 5.32 Å². The summed E-state index contributed by atoms with van der Waals surface area (Å²) in [4.78, 5) is 0. The van der Waals surface area contributed by atoms with Gasteiger partial charge in [0, 0.05) is 6.54 Å². The molecule has 0 fully saturated rings. The predicted molar refractivity (Wildman–Crippen MR) is 66.6 cm³/mol. The van der Waals surface area contributed by atoms with Crippen molar-refractivity contribution < 1.29 is 9.52 Å². The standard InChI is InChI=1S/C14H17NO2/c1-11-5-2-3-7-13(11)14(16)10-15-9-12-6-4-8-17-12/h2-8,14-16H,9-10H2,1H3. The van der Waals surface area contributed by atoms with Gasteiger partial charge in [-0.15, -0.1) is 0 Å². The van der Waals surface area contributed by atoms with Crippen LogP contribution in [0.1, 0.15) is 23.0 Å². The summed E-state index contributed by atoms with van der Waals surface area (Å²) in [5, 5.41) is 13.2. The Bertz CT molecular complexity index is 451. The predicted octanol–water partition coefficient (Wildman–Crippen LogP) is 2.41. The van der Waals surface area contributed by atoms with E-state index in [2.05, 4.69) is 5.32 Å². The number of aliphatic hydroxyl groups is 1. The molecule has 90 valence electrons. The Kier molecular flexibility index (Phi) is 3.96. The molecule has 0 bridgehead atoms. The molecular weight excluding hydrogens is 214 g/mol. The summed E-state index contributed by atoms with van der Waals surface area (Å²) in [7, 11) is 0. The minimum atomic E-state index is -0.480. The van der Waals surface area contributed by atoms with E-state index in [-0.39, 0.29) is 0 Å². The molecule has 0 spiro atoms. The maximum Gasteiger partial charge on any atom is 0.117 e. The van der Waals surface area contributed by atoms with Gasteiger partial charge in [0.2, 0.25) is 0 Å². The Morgan fingerprint density at radius 3 is 2.76 bits per heavy atom. The normalized spacial score (nSPS) is 12.6. The highest BCUT2D eigenvalue weighted by atomic mass is 16.3. The summed E-state index contributed by atoms with van der Waals surface area (Å²) < 4.78 is 5.20. The van der Waals surface area contributed by atoms with E-state index < -0.39 is 6.10 Å². The molecule has 2 rings (SSSR count). The SMILES string of the molecule is Cc1ccccc1C(O)CNCc1ccco1. The van der Waals surface area contributed by atoms with E-state index in [0.29, 0.717) is 13.1 Å². The second-order valence-electron chi connectivity index (χ2n) is 4.08. The van der Waals surface area contributed by atoms with Crippen LogP contribution in [0.3, 0.4) is 0 Å². The molecule has 3 heteroatoms. The van der Waals surface area contributed by atoms with Crippen LogP contribution in [0.5, 0.6) is 0 Å². The van der Waals surface area contributed by atoms with E-state index in [0.717, 1.165) is 16.9 Å². The minimum absolute atomic E-state index is 0.480. The molecule has 0 aliphatic heterocycles. The molecule has 0 saturated heterocycles. The first-order valence-electron chi connectivity index (χ1n) is 5.74. The fourth-order valence-corrected chi connectivity index (χ4v) is 1.82. The van der Waals surface area contributed by atoms with Crippen molar-refractivity contribution in [2.24, 2.45) is 0 Å². The van der Waals surface area contributed by atoms with E-state index >= 15 is 0 Å². The molecule has 1 aromatic heterocycles. The summed E-state index contributed by atoms with van der Waals surface area (Å²) in [5.74, 6) is 0.877. The van der Waals surface area contributed by atoms with E-state index in [1.807, 2.05) is 43.3 Å². The van der Waals surface area contributed by atoms with Gasteiger partial charge in [0.15, 0.2) is 0 Å². The molecule has 0 radical (unpaired) electrons. The lowest BCUT2D eigenvalue weighted by Crippen LogP contribution is -2.21. The lowest BCUT2D eigenvalue weighted by atomic mass is 10.0. The molecule has 3 nitrogen and oxygen atoms in total. The van der Waals surface area contributed by atoms with Crippen LogP contribution in [0.25, 0.3) is 0 Å². The average Bonchev–Trinajstić information content (AvgIpc) is 2.82. The highest BCUT2D eigenvalue weighted by Gasteiger charge is 2.09. The maximum absolute atomic E-state index is 10.0. The Balaban J connectivity index is 1.85.